The van der Waals surface area contributed by atoms with Crippen LogP contribution in [0.4, 0.5) is 10.5 Å². The second-order valence-corrected chi connectivity index (χ2v) is 7.16. The smallest absolute Gasteiger partial charge is 0.277 e. The van der Waals surface area contributed by atoms with Crippen molar-refractivity contribution in [1.29, 1.82) is 5.26 Å². The summed E-state index contributed by atoms with van der Waals surface area (Å²) in [5, 5.41) is 11.1. The van der Waals surface area contributed by atoms with Gasteiger partial charge in [0.1, 0.15) is 0 Å². The Hall–Kier alpha value is -3.01. The predicted octanol–water partition coefficient (Wildman–Crippen LogP) is 2.14. The molecule has 1 aromatic carbocycles. The maximum Gasteiger partial charge on any atom is 0.331 e. The SMILES string of the molecule is N#Cc1ccc(N=C[C@H]2C(=O)NC(=O)N([C@H]3C[C@H]4CC[C@H]3C4)C2=O)cc1. The van der Waals surface area contributed by atoms with Crippen molar-refractivity contribution in [2.45, 2.75) is 31.7 Å². The van der Waals surface area contributed by atoms with Crippen LogP contribution in [0, 0.1) is 29.1 Å². The molecular formula is C19H18N4O3. The molecule has 1 saturated heterocycles. The average molecular weight is 350 g/mol. The quantitative estimate of drug-likeness (QED) is 0.666. The number of carbonyl (C=O) groups is 3. The van der Waals surface area contributed by atoms with E-state index in [0.29, 0.717) is 23.1 Å². The van der Waals surface area contributed by atoms with Crippen LogP contribution in [-0.4, -0.2) is 35.0 Å². The number of hydrogen-bond donors (Lipinski definition) is 1. The summed E-state index contributed by atoms with van der Waals surface area (Å²) < 4.78 is 0. The Labute approximate surface area is 150 Å². The first-order valence-corrected chi connectivity index (χ1v) is 8.79. The number of hydrogen-bond acceptors (Lipinski definition) is 5. The van der Waals surface area contributed by atoms with Crippen molar-refractivity contribution in [1.82, 2.24) is 10.2 Å². The highest BCUT2D eigenvalue weighted by atomic mass is 16.2. The summed E-state index contributed by atoms with van der Waals surface area (Å²) in [5.74, 6) is -1.32. The van der Waals surface area contributed by atoms with E-state index >= 15 is 0 Å². The standard InChI is InChI=1S/C19H18N4O3/c20-9-11-2-5-14(6-3-11)21-10-15-17(24)22-19(26)23(18(15)25)16-8-12-1-4-13(16)7-12/h2-3,5-6,10,12-13,15-16H,1,4,7-8H2,(H,22,24,26)/t12-,13-,15-,16-/m0/s1. The lowest BCUT2D eigenvalue weighted by Gasteiger charge is -2.36. The molecule has 132 valence electrons. The number of nitriles is 1. The first kappa shape index (κ1) is 16.5. The molecule has 4 atom stereocenters. The first-order chi connectivity index (χ1) is 12.6. The van der Waals surface area contributed by atoms with Crippen LogP contribution >= 0.6 is 0 Å². The molecule has 7 heteroatoms. The molecule has 3 aliphatic rings. The minimum Gasteiger partial charge on any atom is -0.277 e. The monoisotopic (exact) mass is 350 g/mol. The fourth-order valence-electron chi connectivity index (χ4n) is 4.36. The minimum atomic E-state index is -1.11. The van der Waals surface area contributed by atoms with E-state index in [-0.39, 0.29) is 6.04 Å². The van der Waals surface area contributed by atoms with Crippen molar-refractivity contribution >= 4 is 29.7 Å². The van der Waals surface area contributed by atoms with Crippen LogP contribution in [-0.2, 0) is 9.59 Å². The molecule has 0 radical (unpaired) electrons. The number of aliphatic imine (C=N–C) groups is 1. The van der Waals surface area contributed by atoms with E-state index in [1.54, 1.807) is 24.3 Å². The molecule has 4 amide bonds. The Bertz CT molecular complexity index is 839. The van der Waals surface area contributed by atoms with Crippen molar-refractivity contribution in [3.8, 4) is 6.07 Å². The molecule has 1 aromatic rings. The van der Waals surface area contributed by atoms with Crippen molar-refractivity contribution < 1.29 is 14.4 Å². The van der Waals surface area contributed by atoms with Gasteiger partial charge in [0.25, 0.3) is 0 Å². The number of nitrogens with one attached hydrogen (secondary N) is 1. The van der Waals surface area contributed by atoms with Crippen LogP contribution in [0.1, 0.15) is 31.2 Å². The third-order valence-electron chi connectivity index (χ3n) is 5.64. The van der Waals surface area contributed by atoms with E-state index in [4.69, 9.17) is 5.26 Å². The molecule has 26 heavy (non-hydrogen) atoms. The highest BCUT2D eigenvalue weighted by Gasteiger charge is 2.50. The molecular weight excluding hydrogens is 332 g/mol. The highest BCUT2D eigenvalue weighted by Crippen LogP contribution is 2.47. The van der Waals surface area contributed by atoms with Crippen molar-refractivity contribution in [3.63, 3.8) is 0 Å². The fraction of sp³-hybridized carbons (Fsp3) is 0.421. The lowest BCUT2D eigenvalue weighted by molar-refractivity contribution is -0.141. The van der Waals surface area contributed by atoms with Gasteiger partial charge in [-0.05, 0) is 55.4 Å². The Morgan fingerprint density at radius 1 is 1.15 bits per heavy atom. The molecule has 0 aromatic heterocycles. The van der Waals surface area contributed by atoms with E-state index in [0.717, 1.165) is 25.7 Å². The third-order valence-corrected chi connectivity index (χ3v) is 5.64. The molecule has 0 unspecified atom stereocenters. The van der Waals surface area contributed by atoms with Gasteiger partial charge in [0, 0.05) is 12.3 Å². The van der Waals surface area contributed by atoms with Gasteiger partial charge in [0.2, 0.25) is 11.8 Å². The predicted molar refractivity (Wildman–Crippen MR) is 92.4 cm³/mol. The van der Waals surface area contributed by atoms with Crippen molar-refractivity contribution in [3.05, 3.63) is 29.8 Å². The molecule has 1 heterocycles. The van der Waals surface area contributed by atoms with Crippen molar-refractivity contribution in [2.24, 2.45) is 22.7 Å². The molecule has 2 aliphatic carbocycles. The van der Waals surface area contributed by atoms with Gasteiger partial charge in [-0.15, -0.1) is 0 Å². The summed E-state index contributed by atoms with van der Waals surface area (Å²) in [7, 11) is 0. The van der Waals surface area contributed by atoms with Gasteiger partial charge < -0.3 is 0 Å². The normalized spacial score (nSPS) is 30.7. The highest BCUT2D eigenvalue weighted by molar-refractivity contribution is 6.23. The van der Waals surface area contributed by atoms with Crippen LogP contribution in [0.3, 0.4) is 0 Å². The summed E-state index contributed by atoms with van der Waals surface area (Å²) in [6.07, 6.45) is 5.36. The maximum atomic E-state index is 12.8. The summed E-state index contributed by atoms with van der Waals surface area (Å²) in [4.78, 5) is 42.7. The lowest BCUT2D eigenvalue weighted by Crippen LogP contribution is -2.62. The van der Waals surface area contributed by atoms with Gasteiger partial charge in [0.15, 0.2) is 5.92 Å². The molecule has 1 N–H and O–H groups in total. The van der Waals surface area contributed by atoms with Crippen LogP contribution < -0.4 is 5.32 Å². The Morgan fingerprint density at radius 3 is 2.54 bits per heavy atom. The topological polar surface area (TPSA) is 103 Å². The van der Waals surface area contributed by atoms with Crippen LogP contribution in [0.5, 0.6) is 0 Å². The number of amides is 4. The van der Waals surface area contributed by atoms with Crippen LogP contribution in [0.2, 0.25) is 0 Å². The zero-order valence-corrected chi connectivity index (χ0v) is 14.1. The number of urea groups is 1. The van der Waals surface area contributed by atoms with E-state index < -0.39 is 23.8 Å². The molecule has 1 aliphatic heterocycles. The van der Waals surface area contributed by atoms with E-state index in [1.165, 1.54) is 11.1 Å². The first-order valence-electron chi connectivity index (χ1n) is 8.79. The Morgan fingerprint density at radius 2 is 1.92 bits per heavy atom. The Balaban J connectivity index is 1.54. The molecule has 4 rings (SSSR count). The number of rotatable bonds is 3. The van der Waals surface area contributed by atoms with Crippen LogP contribution in [0.25, 0.3) is 0 Å². The van der Waals surface area contributed by atoms with Gasteiger partial charge in [0.05, 0.1) is 17.3 Å². The second-order valence-electron chi connectivity index (χ2n) is 7.16. The largest absolute Gasteiger partial charge is 0.331 e. The summed E-state index contributed by atoms with van der Waals surface area (Å²) >= 11 is 0. The number of nitrogens with zero attached hydrogens (tertiary/aromatic N) is 3. The van der Waals surface area contributed by atoms with E-state index in [1.807, 2.05) is 6.07 Å². The van der Waals surface area contributed by atoms with Gasteiger partial charge in [-0.1, -0.05) is 6.42 Å². The van der Waals surface area contributed by atoms with Gasteiger partial charge in [-0.2, -0.15) is 5.26 Å². The molecule has 2 bridgehead atoms. The maximum absolute atomic E-state index is 12.8. The fourth-order valence-corrected chi connectivity index (χ4v) is 4.36. The lowest BCUT2D eigenvalue weighted by atomic mass is 9.92. The number of imide groups is 2. The van der Waals surface area contributed by atoms with E-state index in [2.05, 4.69) is 10.3 Å². The molecule has 3 fully saturated rings. The number of barbiturate groups is 1. The average Bonchev–Trinajstić information content (AvgIpc) is 3.25. The zero-order valence-electron chi connectivity index (χ0n) is 14.1. The third kappa shape index (κ3) is 2.77. The zero-order chi connectivity index (χ0) is 18.3. The number of carbonyl (C=O) groups excluding carboxylic acids is 3. The minimum absolute atomic E-state index is 0.111. The van der Waals surface area contributed by atoms with Gasteiger partial charge >= 0.3 is 6.03 Å². The molecule has 0 spiro atoms. The summed E-state index contributed by atoms with van der Waals surface area (Å²) in [6, 6.07) is 7.79. The van der Waals surface area contributed by atoms with Gasteiger partial charge in [-0.3, -0.25) is 24.8 Å². The van der Waals surface area contributed by atoms with Crippen molar-refractivity contribution in [2.75, 3.05) is 0 Å². The van der Waals surface area contributed by atoms with Gasteiger partial charge in [-0.25, -0.2) is 4.79 Å². The number of benzene rings is 1. The van der Waals surface area contributed by atoms with Crippen LogP contribution in [0.15, 0.2) is 29.3 Å². The second kappa shape index (κ2) is 6.37. The Kier molecular flexibility index (Phi) is 4.03. The molecule has 7 nitrogen and oxygen atoms in total. The molecule has 2 saturated carbocycles. The summed E-state index contributed by atoms with van der Waals surface area (Å²) in [5.41, 5.74) is 1.04. The number of fused-ring (bicyclic) bond motifs is 2. The summed E-state index contributed by atoms with van der Waals surface area (Å²) in [6.45, 7) is 0. The van der Waals surface area contributed by atoms with E-state index in [9.17, 15) is 14.4 Å².